The summed E-state index contributed by atoms with van der Waals surface area (Å²) in [6.45, 7) is 5.43. The summed E-state index contributed by atoms with van der Waals surface area (Å²) in [5.74, 6) is -1.37. The lowest BCUT2D eigenvalue weighted by molar-refractivity contribution is -0.141. The summed E-state index contributed by atoms with van der Waals surface area (Å²) in [4.78, 5) is 33.1. The molecule has 8 nitrogen and oxygen atoms in total. The van der Waals surface area contributed by atoms with Gasteiger partial charge in [0.15, 0.2) is 0 Å². The minimum atomic E-state index is -4.70. The standard InChI is InChI=1S/C22H24F3N5O3/c1-4-26-19(31)14-10-18-27-13(8-9-21(2,3)33)11-30(18)12-16(14)29-20(32)15-6-5-7-17(28-15)22(23,24)25/h5-7,10-12,33H,4,8-9H2,1-3H3,(H,26,31)(H,29,32). The van der Waals surface area contributed by atoms with Crippen molar-refractivity contribution in [3.63, 3.8) is 0 Å². The van der Waals surface area contributed by atoms with Gasteiger partial charge >= 0.3 is 6.18 Å². The molecule has 33 heavy (non-hydrogen) atoms. The van der Waals surface area contributed by atoms with Crippen molar-refractivity contribution in [3.05, 3.63) is 59.3 Å². The molecule has 0 aromatic carbocycles. The van der Waals surface area contributed by atoms with Gasteiger partial charge in [0.1, 0.15) is 17.0 Å². The minimum Gasteiger partial charge on any atom is -0.390 e. The average Bonchev–Trinajstić information content (AvgIpc) is 3.13. The number of fused-ring (bicyclic) bond motifs is 1. The van der Waals surface area contributed by atoms with Gasteiger partial charge in [0.2, 0.25) is 0 Å². The first-order chi connectivity index (χ1) is 15.4. The molecule has 0 unspecified atom stereocenters. The number of pyridine rings is 2. The predicted molar refractivity (Wildman–Crippen MR) is 115 cm³/mol. The number of rotatable bonds is 7. The van der Waals surface area contributed by atoms with Crippen molar-refractivity contribution in [1.29, 1.82) is 0 Å². The van der Waals surface area contributed by atoms with Gasteiger partial charge in [0.25, 0.3) is 11.8 Å². The van der Waals surface area contributed by atoms with E-state index in [9.17, 15) is 27.9 Å². The Bertz CT molecular complexity index is 1180. The third-order valence-electron chi connectivity index (χ3n) is 4.74. The van der Waals surface area contributed by atoms with Crippen LogP contribution in [0.5, 0.6) is 0 Å². The molecule has 3 aromatic rings. The fourth-order valence-corrected chi connectivity index (χ4v) is 3.09. The fraction of sp³-hybridized carbons (Fsp3) is 0.364. The first-order valence-corrected chi connectivity index (χ1v) is 10.2. The highest BCUT2D eigenvalue weighted by atomic mass is 19.4. The highest BCUT2D eigenvalue weighted by Crippen LogP contribution is 2.28. The molecule has 0 atom stereocenters. The predicted octanol–water partition coefficient (Wildman–Crippen LogP) is 3.45. The summed E-state index contributed by atoms with van der Waals surface area (Å²) in [7, 11) is 0. The molecule has 3 heterocycles. The third-order valence-corrected chi connectivity index (χ3v) is 4.74. The second kappa shape index (κ2) is 9.18. The molecule has 0 saturated heterocycles. The van der Waals surface area contributed by atoms with E-state index < -0.39 is 35.0 Å². The van der Waals surface area contributed by atoms with Crippen LogP contribution in [0.25, 0.3) is 5.65 Å². The van der Waals surface area contributed by atoms with Gasteiger partial charge in [-0.3, -0.25) is 9.59 Å². The van der Waals surface area contributed by atoms with Crippen molar-refractivity contribution in [2.24, 2.45) is 0 Å². The van der Waals surface area contributed by atoms with E-state index in [-0.39, 0.29) is 11.3 Å². The SMILES string of the molecule is CCNC(=O)c1cc2nc(CCC(C)(C)O)cn2cc1NC(=O)c1cccc(C(F)(F)F)n1. The zero-order chi connectivity index (χ0) is 24.4. The number of hydrogen-bond donors (Lipinski definition) is 3. The molecule has 0 fully saturated rings. The maximum atomic E-state index is 13.0. The fourth-order valence-electron chi connectivity index (χ4n) is 3.09. The van der Waals surface area contributed by atoms with Crippen molar-refractivity contribution in [2.75, 3.05) is 11.9 Å². The Balaban J connectivity index is 1.96. The van der Waals surface area contributed by atoms with Crippen LogP contribution in [0.1, 0.15) is 59.4 Å². The summed E-state index contributed by atoms with van der Waals surface area (Å²) in [6, 6.07) is 4.49. The number of amides is 2. The van der Waals surface area contributed by atoms with E-state index in [0.29, 0.717) is 30.7 Å². The van der Waals surface area contributed by atoms with Gasteiger partial charge in [-0.05, 0) is 51.8 Å². The molecule has 0 aliphatic rings. The van der Waals surface area contributed by atoms with Crippen LogP contribution in [0.15, 0.2) is 36.7 Å². The summed E-state index contributed by atoms with van der Waals surface area (Å²) in [5.41, 5.74) is -1.21. The second-order valence-corrected chi connectivity index (χ2v) is 8.13. The molecule has 3 aromatic heterocycles. The number of carbonyl (C=O) groups excluding carboxylic acids is 2. The van der Waals surface area contributed by atoms with E-state index in [2.05, 4.69) is 20.6 Å². The van der Waals surface area contributed by atoms with Gasteiger partial charge in [-0.2, -0.15) is 13.2 Å². The Morgan fingerprint density at radius 3 is 2.48 bits per heavy atom. The van der Waals surface area contributed by atoms with Gasteiger partial charge in [-0.25, -0.2) is 9.97 Å². The van der Waals surface area contributed by atoms with Crippen LogP contribution >= 0.6 is 0 Å². The van der Waals surface area contributed by atoms with E-state index in [1.165, 1.54) is 12.3 Å². The molecule has 0 radical (unpaired) electrons. The van der Waals surface area contributed by atoms with Crippen molar-refractivity contribution in [1.82, 2.24) is 19.7 Å². The summed E-state index contributed by atoms with van der Waals surface area (Å²) < 4.78 is 40.5. The molecule has 176 valence electrons. The number of anilines is 1. The Kier molecular flexibility index (Phi) is 6.73. The van der Waals surface area contributed by atoms with E-state index in [4.69, 9.17) is 0 Å². The summed E-state index contributed by atoms with van der Waals surface area (Å²) in [5, 5.41) is 15.1. The number of alkyl halides is 3. The number of carbonyl (C=O) groups is 2. The molecule has 0 bridgehead atoms. The van der Waals surface area contributed by atoms with Gasteiger partial charge in [0.05, 0.1) is 22.5 Å². The second-order valence-electron chi connectivity index (χ2n) is 8.13. The molecule has 11 heteroatoms. The highest BCUT2D eigenvalue weighted by Gasteiger charge is 2.33. The maximum Gasteiger partial charge on any atom is 0.433 e. The number of aromatic nitrogens is 3. The monoisotopic (exact) mass is 463 g/mol. The zero-order valence-corrected chi connectivity index (χ0v) is 18.3. The van der Waals surface area contributed by atoms with Gasteiger partial charge in [-0.1, -0.05) is 6.07 Å². The van der Waals surface area contributed by atoms with Crippen molar-refractivity contribution in [3.8, 4) is 0 Å². The number of nitrogens with one attached hydrogen (secondary N) is 2. The van der Waals surface area contributed by atoms with Crippen molar-refractivity contribution in [2.45, 2.75) is 45.4 Å². The maximum absolute atomic E-state index is 13.0. The quantitative estimate of drug-likeness (QED) is 0.497. The average molecular weight is 463 g/mol. The molecule has 0 aliphatic carbocycles. The number of nitrogens with zero attached hydrogens (tertiary/aromatic N) is 3. The van der Waals surface area contributed by atoms with Gasteiger partial charge in [-0.15, -0.1) is 0 Å². The largest absolute Gasteiger partial charge is 0.433 e. The number of aryl methyl sites for hydroxylation is 1. The molecular formula is C22H24F3N5O3. The lowest BCUT2D eigenvalue weighted by Crippen LogP contribution is -2.25. The number of imidazole rings is 1. The van der Waals surface area contributed by atoms with Crippen LogP contribution in [0.2, 0.25) is 0 Å². The first-order valence-electron chi connectivity index (χ1n) is 10.2. The third kappa shape index (κ3) is 6.07. The van der Waals surface area contributed by atoms with Gasteiger partial charge < -0.3 is 20.1 Å². The molecule has 0 aliphatic heterocycles. The van der Waals surface area contributed by atoms with Gasteiger partial charge in [0, 0.05) is 18.9 Å². The van der Waals surface area contributed by atoms with Crippen molar-refractivity contribution < 1.29 is 27.9 Å². The summed E-state index contributed by atoms with van der Waals surface area (Å²) >= 11 is 0. The Morgan fingerprint density at radius 1 is 1.12 bits per heavy atom. The molecule has 0 saturated carbocycles. The molecule has 2 amide bonds. The van der Waals surface area contributed by atoms with Crippen LogP contribution < -0.4 is 10.6 Å². The smallest absolute Gasteiger partial charge is 0.390 e. The zero-order valence-electron chi connectivity index (χ0n) is 18.3. The lowest BCUT2D eigenvalue weighted by Gasteiger charge is -2.15. The minimum absolute atomic E-state index is 0.0871. The normalized spacial score (nSPS) is 12.1. The molecule has 3 N–H and O–H groups in total. The Morgan fingerprint density at radius 2 is 1.85 bits per heavy atom. The van der Waals surface area contributed by atoms with Crippen molar-refractivity contribution >= 4 is 23.1 Å². The Hall–Kier alpha value is -3.47. The number of aliphatic hydroxyl groups is 1. The first kappa shape index (κ1) is 24.2. The Labute approximate surface area is 187 Å². The van der Waals surface area contributed by atoms with Crippen LogP contribution in [0.4, 0.5) is 18.9 Å². The topological polar surface area (TPSA) is 109 Å². The molecule has 3 rings (SSSR count). The van der Waals surface area contributed by atoms with E-state index >= 15 is 0 Å². The van der Waals surface area contributed by atoms with Crippen LogP contribution in [0, 0.1) is 0 Å². The van der Waals surface area contributed by atoms with Crippen LogP contribution in [-0.4, -0.2) is 43.4 Å². The van der Waals surface area contributed by atoms with E-state index in [1.807, 2.05) is 0 Å². The lowest BCUT2D eigenvalue weighted by atomic mass is 10.0. The molecular weight excluding hydrogens is 439 g/mol. The van der Waals surface area contributed by atoms with E-state index in [1.54, 1.807) is 31.4 Å². The van der Waals surface area contributed by atoms with Crippen LogP contribution in [0.3, 0.4) is 0 Å². The summed E-state index contributed by atoms with van der Waals surface area (Å²) in [6.07, 6.45) is -0.590. The van der Waals surface area contributed by atoms with E-state index in [0.717, 1.165) is 18.2 Å². The number of halogens is 3. The molecule has 0 spiro atoms. The highest BCUT2D eigenvalue weighted by molar-refractivity contribution is 6.08. The number of hydrogen-bond acceptors (Lipinski definition) is 5. The van der Waals surface area contributed by atoms with Crippen LogP contribution in [-0.2, 0) is 12.6 Å².